The Morgan fingerprint density at radius 2 is 1.71 bits per heavy atom. The highest BCUT2D eigenvalue weighted by molar-refractivity contribution is 7.80. The fraction of sp³-hybridized carbons (Fsp3) is 0.350. The van der Waals surface area contributed by atoms with E-state index in [1.807, 2.05) is 12.1 Å². The predicted octanol–water partition coefficient (Wildman–Crippen LogP) is 3.78. The Bertz CT molecular complexity index is 638. The topological polar surface area (TPSA) is 33.3 Å². The Labute approximate surface area is 150 Å². The van der Waals surface area contributed by atoms with Gasteiger partial charge >= 0.3 is 0 Å². The maximum atomic E-state index is 5.95. The molecule has 0 radical (unpaired) electrons. The number of ether oxygens (including phenoxy) is 1. The molecule has 24 heavy (non-hydrogen) atoms. The maximum Gasteiger partial charge on any atom is 0.166 e. The van der Waals surface area contributed by atoms with Crippen molar-refractivity contribution in [1.82, 2.24) is 10.6 Å². The highest BCUT2D eigenvalue weighted by Gasteiger charge is 2.08. The average molecular weight is 343 g/mol. The lowest BCUT2D eigenvalue weighted by atomic mass is 10.1. The van der Waals surface area contributed by atoms with Gasteiger partial charge in [-0.25, -0.2) is 0 Å². The molecule has 0 heterocycles. The van der Waals surface area contributed by atoms with Gasteiger partial charge in [0.1, 0.15) is 12.4 Å². The second-order valence-corrected chi connectivity index (χ2v) is 6.48. The minimum absolute atomic E-state index is 0.140. The third kappa shape index (κ3) is 5.85. The van der Waals surface area contributed by atoms with Crippen LogP contribution >= 0.6 is 12.2 Å². The number of aryl methyl sites for hydroxylation is 2. The van der Waals surface area contributed by atoms with Gasteiger partial charge in [0.2, 0.25) is 0 Å². The third-order valence-electron chi connectivity index (χ3n) is 3.81. The molecule has 1 atom stereocenters. The zero-order valence-corrected chi connectivity index (χ0v) is 15.5. The molecule has 0 aliphatic heterocycles. The number of thiocarbonyl (C=S) groups is 1. The van der Waals surface area contributed by atoms with Gasteiger partial charge in [0.25, 0.3) is 0 Å². The lowest BCUT2D eigenvalue weighted by molar-refractivity contribution is 0.283. The SMILES string of the molecule is Cc1cccc(C)c1OCC(C)NC(=S)NCCc1ccccc1. The van der Waals surface area contributed by atoms with Gasteiger partial charge in [-0.1, -0.05) is 48.5 Å². The summed E-state index contributed by atoms with van der Waals surface area (Å²) >= 11 is 5.35. The van der Waals surface area contributed by atoms with Crippen molar-refractivity contribution in [1.29, 1.82) is 0 Å². The molecule has 0 aliphatic rings. The van der Waals surface area contributed by atoms with Crippen molar-refractivity contribution in [3.8, 4) is 5.75 Å². The van der Waals surface area contributed by atoms with Crippen LogP contribution in [0.4, 0.5) is 0 Å². The quantitative estimate of drug-likeness (QED) is 0.750. The third-order valence-corrected chi connectivity index (χ3v) is 4.07. The molecule has 2 N–H and O–H groups in total. The number of para-hydroxylation sites is 1. The first-order valence-electron chi connectivity index (χ1n) is 8.33. The van der Waals surface area contributed by atoms with Gasteiger partial charge in [-0.05, 0) is 56.1 Å². The molecule has 2 aromatic rings. The summed E-state index contributed by atoms with van der Waals surface area (Å²) in [7, 11) is 0. The number of hydrogen-bond acceptors (Lipinski definition) is 2. The first kappa shape index (κ1) is 18.3. The van der Waals surface area contributed by atoms with Crippen LogP contribution in [0, 0.1) is 13.8 Å². The highest BCUT2D eigenvalue weighted by atomic mass is 32.1. The summed E-state index contributed by atoms with van der Waals surface area (Å²) in [6.45, 7) is 7.59. The Balaban J connectivity index is 1.70. The fourth-order valence-electron chi connectivity index (χ4n) is 2.52. The summed E-state index contributed by atoms with van der Waals surface area (Å²) in [5, 5.41) is 7.19. The molecule has 0 amide bonds. The van der Waals surface area contributed by atoms with Crippen LogP contribution in [-0.2, 0) is 6.42 Å². The van der Waals surface area contributed by atoms with E-state index >= 15 is 0 Å². The highest BCUT2D eigenvalue weighted by Crippen LogP contribution is 2.22. The van der Waals surface area contributed by atoms with Crippen molar-refractivity contribution in [3.05, 3.63) is 65.2 Å². The standard InChI is InChI=1S/C20H26N2OS/c1-15-8-7-9-16(2)19(15)23-14-17(3)22-20(24)21-13-12-18-10-5-4-6-11-18/h4-11,17H,12-14H2,1-3H3,(H2,21,22,24). The molecule has 0 saturated heterocycles. The Morgan fingerprint density at radius 1 is 1.04 bits per heavy atom. The average Bonchev–Trinajstić information content (AvgIpc) is 2.55. The van der Waals surface area contributed by atoms with Crippen molar-refractivity contribution >= 4 is 17.3 Å². The lowest BCUT2D eigenvalue weighted by Gasteiger charge is -2.19. The van der Waals surface area contributed by atoms with Gasteiger partial charge in [-0.2, -0.15) is 0 Å². The van der Waals surface area contributed by atoms with E-state index in [4.69, 9.17) is 17.0 Å². The second kappa shape index (κ2) is 9.28. The van der Waals surface area contributed by atoms with E-state index < -0.39 is 0 Å². The van der Waals surface area contributed by atoms with Gasteiger partial charge in [-0.15, -0.1) is 0 Å². The van der Waals surface area contributed by atoms with Crippen molar-refractivity contribution in [2.45, 2.75) is 33.2 Å². The van der Waals surface area contributed by atoms with E-state index in [0.29, 0.717) is 11.7 Å². The maximum absolute atomic E-state index is 5.95. The molecule has 3 nitrogen and oxygen atoms in total. The summed E-state index contributed by atoms with van der Waals surface area (Å²) in [4.78, 5) is 0. The number of benzene rings is 2. The molecule has 0 aromatic heterocycles. The van der Waals surface area contributed by atoms with Gasteiger partial charge in [-0.3, -0.25) is 0 Å². The Kier molecular flexibility index (Phi) is 7.07. The van der Waals surface area contributed by atoms with Crippen molar-refractivity contribution in [2.75, 3.05) is 13.2 Å². The van der Waals surface area contributed by atoms with Crippen molar-refractivity contribution in [2.24, 2.45) is 0 Å². The van der Waals surface area contributed by atoms with Gasteiger partial charge in [0, 0.05) is 6.54 Å². The summed E-state index contributed by atoms with van der Waals surface area (Å²) in [5.41, 5.74) is 3.62. The van der Waals surface area contributed by atoms with Gasteiger partial charge < -0.3 is 15.4 Å². The largest absolute Gasteiger partial charge is 0.491 e. The molecule has 4 heteroatoms. The zero-order chi connectivity index (χ0) is 17.4. The van der Waals surface area contributed by atoms with Crippen LogP contribution in [0.2, 0.25) is 0 Å². The second-order valence-electron chi connectivity index (χ2n) is 6.07. The van der Waals surface area contributed by atoms with Crippen LogP contribution in [0.15, 0.2) is 48.5 Å². The number of rotatable bonds is 7. The molecule has 128 valence electrons. The van der Waals surface area contributed by atoms with E-state index in [1.165, 1.54) is 5.56 Å². The van der Waals surface area contributed by atoms with Crippen LogP contribution in [0.1, 0.15) is 23.6 Å². The molecule has 0 aliphatic carbocycles. The fourth-order valence-corrected chi connectivity index (χ4v) is 2.82. The van der Waals surface area contributed by atoms with Gasteiger partial charge in [0.05, 0.1) is 6.04 Å². The van der Waals surface area contributed by atoms with E-state index in [2.05, 4.69) is 67.8 Å². The van der Waals surface area contributed by atoms with Crippen LogP contribution in [0.5, 0.6) is 5.75 Å². The van der Waals surface area contributed by atoms with Crippen LogP contribution in [-0.4, -0.2) is 24.3 Å². The van der Waals surface area contributed by atoms with E-state index in [0.717, 1.165) is 29.8 Å². The number of nitrogens with one attached hydrogen (secondary N) is 2. The van der Waals surface area contributed by atoms with E-state index in [9.17, 15) is 0 Å². The summed E-state index contributed by atoms with van der Waals surface area (Å²) < 4.78 is 5.95. The van der Waals surface area contributed by atoms with E-state index in [1.54, 1.807) is 0 Å². The van der Waals surface area contributed by atoms with Crippen molar-refractivity contribution in [3.63, 3.8) is 0 Å². The minimum Gasteiger partial charge on any atom is -0.491 e. The summed E-state index contributed by atoms with van der Waals surface area (Å²) in [6, 6.07) is 16.7. The molecular formula is C20H26N2OS. The van der Waals surface area contributed by atoms with Gasteiger partial charge in [0.15, 0.2) is 5.11 Å². The molecule has 2 rings (SSSR count). The zero-order valence-electron chi connectivity index (χ0n) is 14.6. The minimum atomic E-state index is 0.140. The molecular weight excluding hydrogens is 316 g/mol. The molecule has 1 unspecified atom stereocenters. The van der Waals surface area contributed by atoms with Crippen LogP contribution in [0.3, 0.4) is 0 Å². The Morgan fingerprint density at radius 3 is 2.38 bits per heavy atom. The Hall–Kier alpha value is -2.07. The van der Waals surface area contributed by atoms with Crippen LogP contribution in [0.25, 0.3) is 0 Å². The molecule has 0 saturated carbocycles. The number of hydrogen-bond donors (Lipinski definition) is 2. The first-order chi connectivity index (χ1) is 11.6. The van der Waals surface area contributed by atoms with Crippen LogP contribution < -0.4 is 15.4 Å². The molecule has 2 aromatic carbocycles. The lowest BCUT2D eigenvalue weighted by Crippen LogP contribution is -2.43. The molecule has 0 fully saturated rings. The smallest absolute Gasteiger partial charge is 0.166 e. The normalized spacial score (nSPS) is 11.6. The molecule has 0 bridgehead atoms. The molecule has 0 spiro atoms. The predicted molar refractivity (Wildman–Crippen MR) is 105 cm³/mol. The monoisotopic (exact) mass is 342 g/mol. The summed E-state index contributed by atoms with van der Waals surface area (Å²) in [6.07, 6.45) is 0.954. The van der Waals surface area contributed by atoms with Crippen molar-refractivity contribution < 1.29 is 4.74 Å². The summed E-state index contributed by atoms with van der Waals surface area (Å²) in [5.74, 6) is 0.967. The first-order valence-corrected chi connectivity index (χ1v) is 8.74. The van der Waals surface area contributed by atoms with E-state index in [-0.39, 0.29) is 6.04 Å².